The number of benzene rings is 1. The fourth-order valence-corrected chi connectivity index (χ4v) is 1.06. The first-order chi connectivity index (χ1) is 7.76. The van der Waals surface area contributed by atoms with Gasteiger partial charge in [-0.25, -0.2) is 10.6 Å². The lowest BCUT2D eigenvalue weighted by molar-refractivity contribution is 0.236. The number of hydrazine groups is 1. The number of carbonyl (C=O) groups excluding carboxylic acids is 1. The fraction of sp³-hybridized carbons (Fsp3) is 0.300. The van der Waals surface area contributed by atoms with Crippen molar-refractivity contribution in [2.24, 2.45) is 5.84 Å². The van der Waals surface area contributed by atoms with Gasteiger partial charge in [0.15, 0.2) is 0 Å². The standard InChI is InChI=1S/C10H15N3O3/c1-15-8-2-4-9(5-3-8)16-7-6-12-10(14)13-11/h2-5H,6-7,11H2,1H3,(H2,12,13,14). The maximum atomic E-state index is 10.7. The molecule has 0 bridgehead atoms. The third kappa shape index (κ3) is 4.05. The summed E-state index contributed by atoms with van der Waals surface area (Å²) in [6, 6.07) is 6.76. The molecule has 0 aromatic heterocycles. The van der Waals surface area contributed by atoms with E-state index in [9.17, 15) is 4.79 Å². The molecule has 0 heterocycles. The van der Waals surface area contributed by atoms with Crippen molar-refractivity contribution < 1.29 is 14.3 Å². The second-order valence-corrected chi connectivity index (χ2v) is 2.92. The first-order valence-corrected chi connectivity index (χ1v) is 4.77. The molecule has 2 amide bonds. The molecule has 1 aromatic carbocycles. The highest BCUT2D eigenvalue weighted by Crippen LogP contribution is 2.16. The van der Waals surface area contributed by atoms with Crippen molar-refractivity contribution in [3.8, 4) is 11.5 Å². The molecule has 0 spiro atoms. The molecule has 0 saturated carbocycles. The summed E-state index contributed by atoms with van der Waals surface area (Å²) in [6.07, 6.45) is 0. The molecule has 0 aliphatic rings. The summed E-state index contributed by atoms with van der Waals surface area (Å²) in [5, 5.41) is 2.50. The van der Waals surface area contributed by atoms with Crippen LogP contribution in [0.5, 0.6) is 11.5 Å². The largest absolute Gasteiger partial charge is 0.497 e. The van der Waals surface area contributed by atoms with Gasteiger partial charge < -0.3 is 14.8 Å². The molecule has 16 heavy (non-hydrogen) atoms. The minimum atomic E-state index is -0.432. The van der Waals surface area contributed by atoms with Crippen molar-refractivity contribution in [2.45, 2.75) is 0 Å². The van der Waals surface area contributed by atoms with Crippen LogP contribution in [-0.2, 0) is 0 Å². The number of hydrogen-bond donors (Lipinski definition) is 3. The van der Waals surface area contributed by atoms with E-state index in [0.29, 0.717) is 13.2 Å². The number of nitrogens with one attached hydrogen (secondary N) is 2. The van der Waals surface area contributed by atoms with Crippen LogP contribution in [-0.4, -0.2) is 26.3 Å². The van der Waals surface area contributed by atoms with Crippen molar-refractivity contribution >= 4 is 6.03 Å². The zero-order chi connectivity index (χ0) is 11.8. The maximum Gasteiger partial charge on any atom is 0.329 e. The Morgan fingerprint density at radius 2 is 1.94 bits per heavy atom. The Balaban J connectivity index is 2.24. The Morgan fingerprint density at radius 3 is 2.50 bits per heavy atom. The smallest absolute Gasteiger partial charge is 0.329 e. The summed E-state index contributed by atoms with van der Waals surface area (Å²) in [5.41, 5.74) is 1.96. The lowest BCUT2D eigenvalue weighted by Crippen LogP contribution is -2.41. The number of methoxy groups -OCH3 is 1. The van der Waals surface area contributed by atoms with E-state index in [2.05, 4.69) is 5.32 Å². The van der Waals surface area contributed by atoms with Crippen molar-refractivity contribution in [2.75, 3.05) is 20.3 Å². The van der Waals surface area contributed by atoms with Gasteiger partial charge in [-0.05, 0) is 24.3 Å². The first-order valence-electron chi connectivity index (χ1n) is 4.77. The van der Waals surface area contributed by atoms with Crippen molar-refractivity contribution in [3.05, 3.63) is 24.3 Å². The number of amides is 2. The number of ether oxygens (including phenoxy) is 2. The van der Waals surface area contributed by atoms with Gasteiger partial charge in [0.05, 0.1) is 13.7 Å². The van der Waals surface area contributed by atoms with Crippen molar-refractivity contribution in [3.63, 3.8) is 0 Å². The molecule has 0 saturated heterocycles. The quantitative estimate of drug-likeness (QED) is 0.290. The molecule has 0 aliphatic heterocycles. The van der Waals surface area contributed by atoms with E-state index < -0.39 is 6.03 Å². The number of rotatable bonds is 5. The normalized spacial score (nSPS) is 9.38. The van der Waals surface area contributed by atoms with Gasteiger partial charge >= 0.3 is 6.03 Å². The highest BCUT2D eigenvalue weighted by atomic mass is 16.5. The summed E-state index contributed by atoms with van der Waals surface area (Å²) >= 11 is 0. The minimum absolute atomic E-state index is 0.375. The van der Waals surface area contributed by atoms with Gasteiger partial charge in [0.2, 0.25) is 0 Å². The van der Waals surface area contributed by atoms with Gasteiger partial charge in [0, 0.05) is 0 Å². The van der Waals surface area contributed by atoms with Crippen LogP contribution in [0.3, 0.4) is 0 Å². The predicted octanol–water partition coefficient (Wildman–Crippen LogP) is 0.247. The molecule has 1 rings (SSSR count). The van der Waals surface area contributed by atoms with E-state index in [1.165, 1.54) is 0 Å². The van der Waals surface area contributed by atoms with Crippen molar-refractivity contribution in [1.29, 1.82) is 0 Å². The third-order valence-electron chi connectivity index (χ3n) is 1.85. The average Bonchev–Trinajstić information content (AvgIpc) is 2.35. The Bertz CT molecular complexity index is 327. The van der Waals surface area contributed by atoms with E-state index in [1.54, 1.807) is 31.4 Å². The predicted molar refractivity (Wildman–Crippen MR) is 59.2 cm³/mol. The van der Waals surface area contributed by atoms with Gasteiger partial charge in [-0.2, -0.15) is 0 Å². The number of nitrogens with two attached hydrogens (primary N) is 1. The SMILES string of the molecule is COc1ccc(OCCNC(=O)NN)cc1. The number of urea groups is 1. The van der Waals surface area contributed by atoms with Crippen molar-refractivity contribution in [1.82, 2.24) is 10.7 Å². The van der Waals surface area contributed by atoms with Crippen LogP contribution >= 0.6 is 0 Å². The fourth-order valence-electron chi connectivity index (χ4n) is 1.06. The molecule has 0 radical (unpaired) electrons. The Hall–Kier alpha value is -1.95. The minimum Gasteiger partial charge on any atom is -0.497 e. The molecular formula is C10H15N3O3. The summed E-state index contributed by atoms with van der Waals surface area (Å²) < 4.78 is 10.4. The van der Waals surface area contributed by atoms with Crippen LogP contribution < -0.4 is 26.1 Å². The zero-order valence-electron chi connectivity index (χ0n) is 9.03. The third-order valence-corrected chi connectivity index (χ3v) is 1.85. The average molecular weight is 225 g/mol. The van der Waals surface area contributed by atoms with Crippen LogP contribution in [0, 0.1) is 0 Å². The summed E-state index contributed by atoms with van der Waals surface area (Å²) in [5.74, 6) is 6.37. The zero-order valence-corrected chi connectivity index (χ0v) is 9.03. The van der Waals surface area contributed by atoms with E-state index in [1.807, 2.05) is 5.43 Å². The number of carbonyl (C=O) groups is 1. The van der Waals surface area contributed by atoms with E-state index in [4.69, 9.17) is 15.3 Å². The van der Waals surface area contributed by atoms with Gasteiger partial charge in [0.1, 0.15) is 18.1 Å². The van der Waals surface area contributed by atoms with Crippen LogP contribution in [0.2, 0.25) is 0 Å². The Morgan fingerprint density at radius 1 is 1.31 bits per heavy atom. The second-order valence-electron chi connectivity index (χ2n) is 2.92. The Labute approximate surface area is 93.7 Å². The van der Waals surface area contributed by atoms with Gasteiger partial charge in [-0.3, -0.25) is 5.43 Å². The summed E-state index contributed by atoms with van der Waals surface area (Å²) in [7, 11) is 1.60. The van der Waals surface area contributed by atoms with E-state index >= 15 is 0 Å². The molecule has 88 valence electrons. The number of hydrogen-bond acceptors (Lipinski definition) is 4. The van der Waals surface area contributed by atoms with E-state index in [0.717, 1.165) is 11.5 Å². The Kier molecular flexibility index (Phi) is 4.94. The second kappa shape index (κ2) is 6.52. The molecular weight excluding hydrogens is 210 g/mol. The lowest BCUT2D eigenvalue weighted by Gasteiger charge is -2.07. The molecule has 6 heteroatoms. The molecule has 6 nitrogen and oxygen atoms in total. The topological polar surface area (TPSA) is 85.6 Å². The molecule has 0 aliphatic carbocycles. The van der Waals surface area contributed by atoms with Crippen LogP contribution in [0.4, 0.5) is 4.79 Å². The lowest BCUT2D eigenvalue weighted by atomic mass is 10.3. The highest BCUT2D eigenvalue weighted by Gasteiger charge is 1.97. The van der Waals surface area contributed by atoms with Gasteiger partial charge in [-0.15, -0.1) is 0 Å². The molecule has 4 N–H and O–H groups in total. The first kappa shape index (κ1) is 12.1. The molecule has 0 atom stereocenters. The molecule has 0 unspecified atom stereocenters. The summed E-state index contributed by atoms with van der Waals surface area (Å²) in [6.45, 7) is 0.759. The van der Waals surface area contributed by atoms with Crippen LogP contribution in [0.1, 0.15) is 0 Å². The highest BCUT2D eigenvalue weighted by molar-refractivity contribution is 5.72. The monoisotopic (exact) mass is 225 g/mol. The van der Waals surface area contributed by atoms with Crippen LogP contribution in [0.15, 0.2) is 24.3 Å². The molecule has 1 aromatic rings. The van der Waals surface area contributed by atoms with Gasteiger partial charge in [0.25, 0.3) is 0 Å². The van der Waals surface area contributed by atoms with Gasteiger partial charge in [-0.1, -0.05) is 0 Å². The maximum absolute atomic E-state index is 10.7. The molecule has 0 fully saturated rings. The van der Waals surface area contributed by atoms with E-state index in [-0.39, 0.29) is 0 Å². The summed E-state index contributed by atoms with van der Waals surface area (Å²) in [4.78, 5) is 10.7. The van der Waals surface area contributed by atoms with Crippen LogP contribution in [0.25, 0.3) is 0 Å².